The molecule has 1 rings (SSSR count). The van der Waals surface area contributed by atoms with Gasteiger partial charge in [0.2, 0.25) is 0 Å². The maximum Gasteiger partial charge on any atom is 0.309 e. The number of halogens is 3. The lowest BCUT2D eigenvalue weighted by Gasteiger charge is -2.06. The van der Waals surface area contributed by atoms with Crippen molar-refractivity contribution in [2.24, 2.45) is 0 Å². The summed E-state index contributed by atoms with van der Waals surface area (Å²) >= 11 is 0. The summed E-state index contributed by atoms with van der Waals surface area (Å²) in [7, 11) is 0. The van der Waals surface area contributed by atoms with Crippen LogP contribution in [0, 0.1) is 12.7 Å². The monoisotopic (exact) mass is 219 g/mol. The highest BCUT2D eigenvalue weighted by Gasteiger charge is 2.19. The van der Waals surface area contributed by atoms with Crippen LogP contribution in [0.1, 0.15) is 23.4 Å². The number of hydrogen-bond acceptors (Lipinski definition) is 2. The van der Waals surface area contributed by atoms with Crippen molar-refractivity contribution in [3.63, 3.8) is 0 Å². The van der Waals surface area contributed by atoms with Gasteiger partial charge in [0.15, 0.2) is 5.82 Å². The quantitative estimate of drug-likeness (QED) is 0.846. The summed E-state index contributed by atoms with van der Waals surface area (Å²) in [5.41, 5.74) is -1.10. The molecule has 1 heterocycles. The largest absolute Gasteiger partial charge is 0.481 e. The smallest absolute Gasteiger partial charge is 0.309 e. The van der Waals surface area contributed by atoms with Gasteiger partial charge in [0.25, 0.3) is 6.43 Å². The van der Waals surface area contributed by atoms with E-state index in [4.69, 9.17) is 5.11 Å². The third-order valence-corrected chi connectivity index (χ3v) is 1.76. The summed E-state index contributed by atoms with van der Waals surface area (Å²) in [5, 5.41) is 8.44. The van der Waals surface area contributed by atoms with E-state index in [1.807, 2.05) is 0 Å². The molecule has 82 valence electrons. The maximum atomic E-state index is 13.1. The van der Waals surface area contributed by atoms with Crippen molar-refractivity contribution in [3.8, 4) is 0 Å². The number of pyridine rings is 1. The van der Waals surface area contributed by atoms with Gasteiger partial charge in [0.1, 0.15) is 5.69 Å². The first-order chi connectivity index (χ1) is 6.91. The molecule has 0 radical (unpaired) electrons. The zero-order chi connectivity index (χ0) is 11.6. The third kappa shape index (κ3) is 2.68. The first-order valence-electron chi connectivity index (χ1n) is 4.07. The van der Waals surface area contributed by atoms with Crippen LogP contribution in [0.5, 0.6) is 0 Å². The normalized spacial score (nSPS) is 10.7. The molecular weight excluding hydrogens is 211 g/mol. The zero-order valence-corrected chi connectivity index (χ0v) is 7.80. The van der Waals surface area contributed by atoms with Gasteiger partial charge >= 0.3 is 5.97 Å². The molecule has 0 fully saturated rings. The number of aliphatic carboxylic acids is 1. The van der Waals surface area contributed by atoms with E-state index >= 15 is 0 Å². The number of alkyl halides is 2. The Hall–Kier alpha value is -1.59. The van der Waals surface area contributed by atoms with Gasteiger partial charge in [-0.2, -0.15) is 0 Å². The van der Waals surface area contributed by atoms with Crippen LogP contribution in [0.15, 0.2) is 6.07 Å². The Morgan fingerprint density at radius 1 is 1.60 bits per heavy atom. The highest BCUT2D eigenvalue weighted by atomic mass is 19.3. The van der Waals surface area contributed by atoms with E-state index < -0.39 is 30.3 Å². The lowest BCUT2D eigenvalue weighted by molar-refractivity contribution is -0.136. The predicted molar refractivity (Wildman–Crippen MR) is 45.2 cm³/mol. The predicted octanol–water partition coefficient (Wildman–Crippen LogP) is 2.09. The Kier molecular flexibility index (Phi) is 3.28. The van der Waals surface area contributed by atoms with Crippen molar-refractivity contribution in [1.82, 2.24) is 4.98 Å². The molecule has 0 aromatic carbocycles. The van der Waals surface area contributed by atoms with Gasteiger partial charge in [-0.1, -0.05) is 0 Å². The van der Waals surface area contributed by atoms with E-state index in [0.717, 1.165) is 6.07 Å². The van der Waals surface area contributed by atoms with Gasteiger partial charge in [-0.15, -0.1) is 0 Å². The van der Waals surface area contributed by atoms with Crippen LogP contribution in [0.2, 0.25) is 0 Å². The van der Waals surface area contributed by atoms with Crippen molar-refractivity contribution in [2.45, 2.75) is 19.8 Å². The van der Waals surface area contributed by atoms with E-state index in [1.165, 1.54) is 6.92 Å². The standard InChI is InChI=1S/C9H8F3NO2/c1-4-2-5(3-6(14)15)13-8(7(4)10)9(11)12/h2,9H,3H2,1H3,(H,14,15). The molecule has 6 heteroatoms. The molecule has 1 N–H and O–H groups in total. The number of carboxylic acid groups (broad SMARTS) is 1. The minimum absolute atomic E-state index is 0.0310. The molecule has 0 amide bonds. The van der Waals surface area contributed by atoms with Crippen LogP contribution in [-0.4, -0.2) is 16.1 Å². The van der Waals surface area contributed by atoms with E-state index in [9.17, 15) is 18.0 Å². The van der Waals surface area contributed by atoms with E-state index in [0.29, 0.717) is 0 Å². The molecule has 0 bridgehead atoms. The Morgan fingerprint density at radius 3 is 2.67 bits per heavy atom. The lowest BCUT2D eigenvalue weighted by Crippen LogP contribution is -2.07. The maximum absolute atomic E-state index is 13.1. The fourth-order valence-electron chi connectivity index (χ4n) is 1.14. The Labute approximate surface area is 83.6 Å². The number of carboxylic acids is 1. The highest BCUT2D eigenvalue weighted by Crippen LogP contribution is 2.22. The van der Waals surface area contributed by atoms with Gasteiger partial charge in [-0.25, -0.2) is 18.2 Å². The number of rotatable bonds is 3. The second-order valence-electron chi connectivity index (χ2n) is 3.00. The van der Waals surface area contributed by atoms with Crippen molar-refractivity contribution in [1.29, 1.82) is 0 Å². The van der Waals surface area contributed by atoms with E-state index in [1.54, 1.807) is 0 Å². The molecule has 15 heavy (non-hydrogen) atoms. The average molecular weight is 219 g/mol. The molecule has 0 unspecified atom stereocenters. The number of aromatic nitrogens is 1. The van der Waals surface area contributed by atoms with Crippen molar-refractivity contribution in [3.05, 3.63) is 28.8 Å². The first-order valence-corrected chi connectivity index (χ1v) is 4.07. The Morgan fingerprint density at radius 2 is 2.20 bits per heavy atom. The lowest BCUT2D eigenvalue weighted by atomic mass is 10.1. The van der Waals surface area contributed by atoms with E-state index in [-0.39, 0.29) is 11.3 Å². The van der Waals surface area contributed by atoms with E-state index in [2.05, 4.69) is 4.98 Å². The molecule has 0 aliphatic rings. The molecule has 0 aliphatic carbocycles. The molecule has 0 saturated carbocycles. The summed E-state index contributed by atoms with van der Waals surface area (Å²) in [6.45, 7) is 1.29. The zero-order valence-electron chi connectivity index (χ0n) is 7.80. The van der Waals surface area contributed by atoms with Crippen LogP contribution in [0.3, 0.4) is 0 Å². The summed E-state index contributed by atoms with van der Waals surface area (Å²) < 4.78 is 37.6. The van der Waals surface area contributed by atoms with Gasteiger partial charge in [0, 0.05) is 0 Å². The molecule has 1 aromatic heterocycles. The minimum Gasteiger partial charge on any atom is -0.481 e. The molecule has 3 nitrogen and oxygen atoms in total. The molecular formula is C9H8F3NO2. The van der Waals surface area contributed by atoms with Crippen LogP contribution in [0.25, 0.3) is 0 Å². The number of carbonyl (C=O) groups is 1. The fourth-order valence-corrected chi connectivity index (χ4v) is 1.14. The Bertz CT molecular complexity index is 393. The fraction of sp³-hybridized carbons (Fsp3) is 0.333. The van der Waals surface area contributed by atoms with Crippen LogP contribution < -0.4 is 0 Å². The van der Waals surface area contributed by atoms with Crippen molar-refractivity contribution in [2.75, 3.05) is 0 Å². The van der Waals surface area contributed by atoms with Gasteiger partial charge < -0.3 is 5.11 Å². The number of hydrogen-bond donors (Lipinski definition) is 1. The summed E-state index contributed by atoms with van der Waals surface area (Å²) in [5.74, 6) is -2.28. The second kappa shape index (κ2) is 4.29. The van der Waals surface area contributed by atoms with Crippen LogP contribution in [-0.2, 0) is 11.2 Å². The average Bonchev–Trinajstić information content (AvgIpc) is 2.09. The topological polar surface area (TPSA) is 50.2 Å². The summed E-state index contributed by atoms with van der Waals surface area (Å²) in [6, 6.07) is 1.15. The summed E-state index contributed by atoms with van der Waals surface area (Å²) in [6.07, 6.45) is -3.54. The third-order valence-electron chi connectivity index (χ3n) is 1.76. The second-order valence-corrected chi connectivity index (χ2v) is 3.00. The van der Waals surface area contributed by atoms with Crippen LogP contribution >= 0.6 is 0 Å². The Balaban J connectivity index is 3.17. The SMILES string of the molecule is Cc1cc(CC(=O)O)nc(C(F)F)c1F. The molecule has 1 aromatic rings. The van der Waals surface area contributed by atoms with Gasteiger partial charge in [-0.3, -0.25) is 4.79 Å². The number of aryl methyl sites for hydroxylation is 1. The van der Waals surface area contributed by atoms with Crippen molar-refractivity contribution >= 4 is 5.97 Å². The van der Waals surface area contributed by atoms with Crippen LogP contribution in [0.4, 0.5) is 13.2 Å². The highest BCUT2D eigenvalue weighted by molar-refractivity contribution is 5.69. The number of nitrogens with zero attached hydrogens (tertiary/aromatic N) is 1. The summed E-state index contributed by atoms with van der Waals surface area (Å²) in [4.78, 5) is 13.6. The minimum atomic E-state index is -3.04. The molecule has 0 aliphatic heterocycles. The first kappa shape index (κ1) is 11.5. The van der Waals surface area contributed by atoms with Gasteiger partial charge in [0.05, 0.1) is 12.1 Å². The molecule has 0 spiro atoms. The van der Waals surface area contributed by atoms with Gasteiger partial charge in [-0.05, 0) is 18.6 Å². The molecule has 0 atom stereocenters. The van der Waals surface area contributed by atoms with Crippen molar-refractivity contribution < 1.29 is 23.1 Å². The molecule has 0 saturated heterocycles.